The average Bonchev–Trinajstić information content (AvgIpc) is 2.91. The van der Waals surface area contributed by atoms with Crippen molar-refractivity contribution in [2.24, 2.45) is 0 Å². The van der Waals surface area contributed by atoms with Gasteiger partial charge in [0.25, 0.3) is 0 Å². The lowest BCUT2D eigenvalue weighted by molar-refractivity contribution is -0.117. The molecule has 1 unspecified atom stereocenters. The summed E-state index contributed by atoms with van der Waals surface area (Å²) in [5, 5.41) is 3.01. The molecule has 0 aliphatic carbocycles. The molecule has 1 heterocycles. The van der Waals surface area contributed by atoms with Crippen LogP contribution < -0.4 is 5.32 Å². The van der Waals surface area contributed by atoms with Crippen molar-refractivity contribution in [3.63, 3.8) is 0 Å². The smallest absolute Gasteiger partial charge is 0.238 e. The van der Waals surface area contributed by atoms with Crippen LogP contribution in [0.25, 0.3) is 0 Å². The molecule has 1 atom stereocenters. The van der Waals surface area contributed by atoms with Gasteiger partial charge >= 0.3 is 0 Å². The molecule has 1 N–H and O–H groups in total. The number of rotatable bonds is 8. The number of nitrogens with zero attached hydrogens (tertiary/aromatic N) is 1. The minimum absolute atomic E-state index is 0.0392. The standard InChI is InChI=1S/C19H30N2O3S/c1-4-5-11-21(16-10-12-25(23,24)14-16)13-19(22)20-18-9-7-6-8-17(18)15(2)3/h6-9,15-16H,4-5,10-14H2,1-3H3,(H,20,22). The van der Waals surface area contributed by atoms with Crippen molar-refractivity contribution in [2.75, 3.05) is 29.9 Å². The molecule has 0 aromatic heterocycles. The molecule has 140 valence electrons. The summed E-state index contributed by atoms with van der Waals surface area (Å²) in [4.78, 5) is 14.6. The van der Waals surface area contributed by atoms with Crippen LogP contribution in [0.2, 0.25) is 0 Å². The van der Waals surface area contributed by atoms with Crippen molar-refractivity contribution in [3.8, 4) is 0 Å². The summed E-state index contributed by atoms with van der Waals surface area (Å²) in [5.74, 6) is 0.658. The highest BCUT2D eigenvalue weighted by Gasteiger charge is 2.32. The number of nitrogens with one attached hydrogen (secondary N) is 1. The summed E-state index contributed by atoms with van der Waals surface area (Å²) in [6.07, 6.45) is 2.61. The molecule has 0 saturated carbocycles. The second-order valence-electron chi connectivity index (χ2n) is 7.17. The molecule has 1 aliphatic heterocycles. The summed E-state index contributed by atoms with van der Waals surface area (Å²) in [5.41, 5.74) is 1.95. The average molecular weight is 367 g/mol. The molecular weight excluding hydrogens is 336 g/mol. The molecule has 2 rings (SSSR count). The second-order valence-corrected chi connectivity index (χ2v) is 9.40. The Bertz CT molecular complexity index is 686. The summed E-state index contributed by atoms with van der Waals surface area (Å²) in [7, 11) is -2.95. The van der Waals surface area contributed by atoms with E-state index in [1.165, 1.54) is 0 Å². The SMILES string of the molecule is CCCCN(CC(=O)Nc1ccccc1C(C)C)C1CCS(=O)(=O)C1. The van der Waals surface area contributed by atoms with Gasteiger partial charge in [-0.1, -0.05) is 45.4 Å². The number of carbonyl (C=O) groups is 1. The van der Waals surface area contributed by atoms with E-state index in [0.29, 0.717) is 12.3 Å². The van der Waals surface area contributed by atoms with Crippen molar-refractivity contribution in [3.05, 3.63) is 29.8 Å². The largest absolute Gasteiger partial charge is 0.325 e. The maximum absolute atomic E-state index is 12.6. The van der Waals surface area contributed by atoms with Crippen LogP contribution >= 0.6 is 0 Å². The van der Waals surface area contributed by atoms with Crippen LogP contribution in [-0.2, 0) is 14.6 Å². The van der Waals surface area contributed by atoms with Crippen molar-refractivity contribution < 1.29 is 13.2 Å². The van der Waals surface area contributed by atoms with Gasteiger partial charge in [0.05, 0.1) is 18.1 Å². The summed E-state index contributed by atoms with van der Waals surface area (Å²) in [6.45, 7) is 7.30. The van der Waals surface area contributed by atoms with Gasteiger partial charge in [-0.25, -0.2) is 8.42 Å². The lowest BCUT2D eigenvalue weighted by Crippen LogP contribution is -2.42. The third kappa shape index (κ3) is 5.82. The summed E-state index contributed by atoms with van der Waals surface area (Å²) < 4.78 is 23.6. The molecule has 0 bridgehead atoms. The summed E-state index contributed by atoms with van der Waals surface area (Å²) >= 11 is 0. The molecular formula is C19H30N2O3S. The van der Waals surface area contributed by atoms with Gasteiger partial charge in [-0.05, 0) is 36.9 Å². The fourth-order valence-electron chi connectivity index (χ4n) is 3.30. The van der Waals surface area contributed by atoms with E-state index in [4.69, 9.17) is 0 Å². The predicted octanol–water partition coefficient (Wildman–Crippen LogP) is 3.04. The van der Waals surface area contributed by atoms with Gasteiger partial charge < -0.3 is 5.32 Å². The van der Waals surface area contributed by atoms with E-state index >= 15 is 0 Å². The van der Waals surface area contributed by atoms with Crippen LogP contribution in [0.5, 0.6) is 0 Å². The van der Waals surface area contributed by atoms with E-state index in [9.17, 15) is 13.2 Å². The Morgan fingerprint density at radius 1 is 1.32 bits per heavy atom. The Morgan fingerprint density at radius 2 is 2.04 bits per heavy atom. The highest BCUT2D eigenvalue weighted by Crippen LogP contribution is 2.24. The highest BCUT2D eigenvalue weighted by molar-refractivity contribution is 7.91. The first kappa shape index (κ1) is 19.9. The number of benzene rings is 1. The number of hydrogen-bond acceptors (Lipinski definition) is 4. The van der Waals surface area contributed by atoms with Crippen LogP contribution in [0.15, 0.2) is 24.3 Å². The summed E-state index contributed by atoms with van der Waals surface area (Å²) in [6, 6.07) is 7.80. The molecule has 1 aromatic carbocycles. The molecule has 1 amide bonds. The molecule has 6 heteroatoms. The monoisotopic (exact) mass is 366 g/mol. The van der Waals surface area contributed by atoms with E-state index < -0.39 is 9.84 Å². The minimum atomic E-state index is -2.95. The third-order valence-electron chi connectivity index (χ3n) is 4.73. The van der Waals surface area contributed by atoms with Gasteiger partial charge in [-0.2, -0.15) is 0 Å². The zero-order chi connectivity index (χ0) is 18.4. The molecule has 1 aliphatic rings. The molecule has 1 aromatic rings. The number of carbonyl (C=O) groups excluding carboxylic acids is 1. The minimum Gasteiger partial charge on any atom is -0.325 e. The fourth-order valence-corrected chi connectivity index (χ4v) is 5.07. The van der Waals surface area contributed by atoms with E-state index in [1.54, 1.807) is 0 Å². The second kappa shape index (κ2) is 8.81. The van der Waals surface area contributed by atoms with Gasteiger partial charge in [0.15, 0.2) is 9.84 Å². The number of unbranched alkanes of at least 4 members (excludes halogenated alkanes) is 1. The van der Waals surface area contributed by atoms with E-state index in [-0.39, 0.29) is 30.0 Å². The quantitative estimate of drug-likeness (QED) is 0.768. The number of amides is 1. The van der Waals surface area contributed by atoms with Gasteiger partial charge in [0.2, 0.25) is 5.91 Å². The van der Waals surface area contributed by atoms with Crippen LogP contribution in [0.4, 0.5) is 5.69 Å². The van der Waals surface area contributed by atoms with E-state index in [2.05, 4.69) is 26.1 Å². The molecule has 5 nitrogen and oxygen atoms in total. The fraction of sp³-hybridized carbons (Fsp3) is 0.632. The van der Waals surface area contributed by atoms with Crippen molar-refractivity contribution in [1.29, 1.82) is 0 Å². The topological polar surface area (TPSA) is 66.5 Å². The Hall–Kier alpha value is -1.40. The Kier molecular flexibility index (Phi) is 7.02. The first-order valence-electron chi connectivity index (χ1n) is 9.15. The van der Waals surface area contributed by atoms with Crippen LogP contribution in [0.3, 0.4) is 0 Å². The van der Waals surface area contributed by atoms with E-state index in [0.717, 1.165) is 30.6 Å². The first-order chi connectivity index (χ1) is 11.8. The molecule has 0 spiro atoms. The Morgan fingerprint density at radius 3 is 2.64 bits per heavy atom. The zero-order valence-electron chi connectivity index (χ0n) is 15.5. The molecule has 25 heavy (non-hydrogen) atoms. The van der Waals surface area contributed by atoms with Gasteiger partial charge in [0, 0.05) is 11.7 Å². The number of anilines is 1. The third-order valence-corrected chi connectivity index (χ3v) is 6.48. The van der Waals surface area contributed by atoms with Gasteiger partial charge in [-0.15, -0.1) is 0 Å². The lowest BCUT2D eigenvalue weighted by Gasteiger charge is -2.27. The van der Waals surface area contributed by atoms with Crippen molar-refractivity contribution in [1.82, 2.24) is 4.90 Å². The first-order valence-corrected chi connectivity index (χ1v) is 11.0. The highest BCUT2D eigenvalue weighted by atomic mass is 32.2. The van der Waals surface area contributed by atoms with Crippen molar-refractivity contribution in [2.45, 2.75) is 52.0 Å². The van der Waals surface area contributed by atoms with Gasteiger partial charge in [-0.3, -0.25) is 9.69 Å². The maximum Gasteiger partial charge on any atom is 0.238 e. The molecule has 1 saturated heterocycles. The lowest BCUT2D eigenvalue weighted by atomic mass is 10.0. The molecule has 1 fully saturated rings. The van der Waals surface area contributed by atoms with Crippen LogP contribution in [-0.4, -0.2) is 49.9 Å². The Labute approximate surface area is 151 Å². The zero-order valence-corrected chi connectivity index (χ0v) is 16.3. The van der Waals surface area contributed by atoms with Crippen LogP contribution in [0, 0.1) is 0 Å². The number of para-hydroxylation sites is 1. The maximum atomic E-state index is 12.6. The van der Waals surface area contributed by atoms with E-state index in [1.807, 2.05) is 29.2 Å². The normalized spacial score (nSPS) is 19.5. The number of hydrogen-bond donors (Lipinski definition) is 1. The predicted molar refractivity (Wildman–Crippen MR) is 103 cm³/mol. The van der Waals surface area contributed by atoms with Crippen molar-refractivity contribution >= 4 is 21.4 Å². The molecule has 0 radical (unpaired) electrons. The van der Waals surface area contributed by atoms with Gasteiger partial charge in [0.1, 0.15) is 0 Å². The Balaban J connectivity index is 2.04. The van der Waals surface area contributed by atoms with Crippen LogP contribution in [0.1, 0.15) is 51.5 Å². The number of sulfone groups is 1.